The lowest BCUT2D eigenvalue weighted by atomic mass is 10.1. The standard InChI is InChI=1S/C22H23NO6/c1-3-28-18-10-8-15(14-19(18)27-2)9-11-20(24)29-13-12-23-21(25)16-6-4-5-7-17(16)22(23)26/h4-8,10,14H,3,9,11-13H2,1-2H3. The topological polar surface area (TPSA) is 82.1 Å². The van der Waals surface area contributed by atoms with Crippen LogP contribution in [0.3, 0.4) is 0 Å². The molecule has 0 bridgehead atoms. The average Bonchev–Trinajstić information content (AvgIpc) is 2.98. The van der Waals surface area contributed by atoms with Gasteiger partial charge >= 0.3 is 5.97 Å². The van der Waals surface area contributed by atoms with Crippen molar-refractivity contribution in [3.63, 3.8) is 0 Å². The van der Waals surface area contributed by atoms with Gasteiger partial charge in [-0.15, -0.1) is 0 Å². The lowest BCUT2D eigenvalue weighted by Crippen LogP contribution is -2.33. The SMILES string of the molecule is CCOc1ccc(CCC(=O)OCCN2C(=O)c3ccccc3C2=O)cc1OC. The van der Waals surface area contributed by atoms with Crippen LogP contribution < -0.4 is 9.47 Å². The highest BCUT2D eigenvalue weighted by Crippen LogP contribution is 2.28. The van der Waals surface area contributed by atoms with Crippen LogP contribution in [0.15, 0.2) is 42.5 Å². The van der Waals surface area contributed by atoms with Gasteiger partial charge in [0.25, 0.3) is 11.8 Å². The van der Waals surface area contributed by atoms with Crippen LogP contribution >= 0.6 is 0 Å². The normalized spacial score (nSPS) is 12.7. The summed E-state index contributed by atoms with van der Waals surface area (Å²) in [4.78, 5) is 37.7. The fourth-order valence-corrected chi connectivity index (χ4v) is 3.15. The number of methoxy groups -OCH3 is 1. The van der Waals surface area contributed by atoms with E-state index in [4.69, 9.17) is 14.2 Å². The van der Waals surface area contributed by atoms with Crippen molar-refractivity contribution >= 4 is 17.8 Å². The second kappa shape index (κ2) is 9.23. The molecule has 0 fully saturated rings. The van der Waals surface area contributed by atoms with Gasteiger partial charge in [-0.25, -0.2) is 0 Å². The van der Waals surface area contributed by atoms with Gasteiger partial charge in [0.2, 0.25) is 0 Å². The maximum Gasteiger partial charge on any atom is 0.306 e. The summed E-state index contributed by atoms with van der Waals surface area (Å²) in [5.41, 5.74) is 1.68. The second-order valence-corrected chi connectivity index (χ2v) is 6.45. The molecule has 0 atom stereocenters. The van der Waals surface area contributed by atoms with Gasteiger partial charge in [0.05, 0.1) is 31.4 Å². The number of hydrogen-bond donors (Lipinski definition) is 0. The van der Waals surface area contributed by atoms with E-state index < -0.39 is 5.97 Å². The number of ether oxygens (including phenoxy) is 3. The molecule has 0 saturated heterocycles. The molecule has 0 N–H and O–H groups in total. The average molecular weight is 397 g/mol. The predicted octanol–water partition coefficient (Wildman–Crippen LogP) is 2.87. The monoisotopic (exact) mass is 397 g/mol. The highest BCUT2D eigenvalue weighted by atomic mass is 16.5. The van der Waals surface area contributed by atoms with Crippen LogP contribution in [-0.2, 0) is 16.0 Å². The highest BCUT2D eigenvalue weighted by Gasteiger charge is 2.34. The van der Waals surface area contributed by atoms with Crippen molar-refractivity contribution in [2.75, 3.05) is 26.9 Å². The van der Waals surface area contributed by atoms with Gasteiger partial charge in [-0.2, -0.15) is 0 Å². The summed E-state index contributed by atoms with van der Waals surface area (Å²) in [5.74, 6) is 0.159. The Morgan fingerprint density at radius 1 is 1.00 bits per heavy atom. The fourth-order valence-electron chi connectivity index (χ4n) is 3.15. The third kappa shape index (κ3) is 4.56. The smallest absolute Gasteiger partial charge is 0.306 e. The molecule has 7 nitrogen and oxygen atoms in total. The van der Waals surface area contributed by atoms with Crippen molar-refractivity contribution in [2.24, 2.45) is 0 Å². The van der Waals surface area contributed by atoms with Crippen LogP contribution in [0.25, 0.3) is 0 Å². The summed E-state index contributed by atoms with van der Waals surface area (Å²) in [5, 5.41) is 0. The summed E-state index contributed by atoms with van der Waals surface area (Å²) < 4.78 is 16.0. The lowest BCUT2D eigenvalue weighted by Gasteiger charge is -2.14. The van der Waals surface area contributed by atoms with Gasteiger partial charge in [0.1, 0.15) is 6.61 Å². The largest absolute Gasteiger partial charge is 0.493 e. The van der Waals surface area contributed by atoms with Gasteiger partial charge in [-0.1, -0.05) is 18.2 Å². The minimum atomic E-state index is -0.394. The van der Waals surface area contributed by atoms with E-state index in [-0.39, 0.29) is 31.4 Å². The molecule has 0 unspecified atom stereocenters. The molecule has 0 radical (unpaired) electrons. The number of carbonyl (C=O) groups excluding carboxylic acids is 3. The van der Waals surface area contributed by atoms with E-state index in [9.17, 15) is 14.4 Å². The van der Waals surface area contributed by atoms with Crippen LogP contribution in [0.4, 0.5) is 0 Å². The van der Waals surface area contributed by atoms with Crippen LogP contribution in [-0.4, -0.2) is 49.6 Å². The Balaban J connectivity index is 1.46. The Labute approximate surface area is 169 Å². The molecule has 1 aliphatic heterocycles. The first kappa shape index (κ1) is 20.4. The molecule has 0 saturated carbocycles. The zero-order chi connectivity index (χ0) is 20.8. The van der Waals surface area contributed by atoms with Crippen LogP contribution in [0.1, 0.15) is 39.6 Å². The first-order valence-electron chi connectivity index (χ1n) is 9.45. The van der Waals surface area contributed by atoms with Gasteiger partial charge < -0.3 is 14.2 Å². The maximum absolute atomic E-state index is 12.3. The predicted molar refractivity (Wildman–Crippen MR) is 105 cm³/mol. The quantitative estimate of drug-likeness (QED) is 0.478. The van der Waals surface area contributed by atoms with Crippen molar-refractivity contribution in [3.05, 3.63) is 59.2 Å². The zero-order valence-electron chi connectivity index (χ0n) is 16.5. The van der Waals surface area contributed by atoms with E-state index in [1.165, 1.54) is 0 Å². The molecular formula is C22H23NO6. The molecule has 0 spiro atoms. The van der Waals surface area contributed by atoms with Gasteiger partial charge in [-0.3, -0.25) is 19.3 Å². The molecule has 7 heteroatoms. The van der Waals surface area contributed by atoms with E-state index in [1.54, 1.807) is 31.4 Å². The van der Waals surface area contributed by atoms with E-state index in [0.717, 1.165) is 10.5 Å². The summed E-state index contributed by atoms with van der Waals surface area (Å²) in [7, 11) is 1.56. The van der Waals surface area contributed by atoms with E-state index in [1.807, 2.05) is 25.1 Å². The molecule has 2 amide bonds. The van der Waals surface area contributed by atoms with Crippen LogP contribution in [0, 0.1) is 0 Å². The summed E-state index contributed by atoms with van der Waals surface area (Å²) in [6.45, 7) is 2.44. The zero-order valence-corrected chi connectivity index (χ0v) is 16.5. The molecule has 0 aliphatic carbocycles. The number of aryl methyl sites for hydroxylation is 1. The van der Waals surface area contributed by atoms with Crippen molar-refractivity contribution in [1.29, 1.82) is 0 Å². The van der Waals surface area contributed by atoms with Crippen LogP contribution in [0.5, 0.6) is 11.5 Å². The Kier molecular flexibility index (Phi) is 6.49. The van der Waals surface area contributed by atoms with Crippen molar-refractivity contribution in [3.8, 4) is 11.5 Å². The summed E-state index contributed by atoms with van der Waals surface area (Å²) >= 11 is 0. The number of esters is 1. The number of carbonyl (C=O) groups is 3. The lowest BCUT2D eigenvalue weighted by molar-refractivity contribution is -0.143. The number of nitrogens with zero attached hydrogens (tertiary/aromatic N) is 1. The highest BCUT2D eigenvalue weighted by molar-refractivity contribution is 6.21. The third-order valence-corrected chi connectivity index (χ3v) is 4.60. The van der Waals surface area contributed by atoms with Crippen LogP contribution in [0.2, 0.25) is 0 Å². The molecule has 1 heterocycles. The van der Waals surface area contributed by atoms with E-state index in [2.05, 4.69) is 0 Å². The number of fused-ring (bicyclic) bond motifs is 1. The first-order valence-corrected chi connectivity index (χ1v) is 9.45. The second-order valence-electron chi connectivity index (χ2n) is 6.45. The van der Waals surface area contributed by atoms with Gasteiger partial charge in [0, 0.05) is 6.42 Å². The Morgan fingerprint density at radius 2 is 1.69 bits per heavy atom. The summed E-state index contributed by atoms with van der Waals surface area (Å²) in [6, 6.07) is 12.2. The molecule has 2 aromatic carbocycles. The molecule has 2 aromatic rings. The number of benzene rings is 2. The minimum absolute atomic E-state index is 0.0309. The van der Waals surface area contributed by atoms with Crippen molar-refractivity contribution in [2.45, 2.75) is 19.8 Å². The molecule has 29 heavy (non-hydrogen) atoms. The fraction of sp³-hybridized carbons (Fsp3) is 0.318. The number of amides is 2. The number of imide groups is 1. The first-order chi connectivity index (χ1) is 14.0. The van der Waals surface area contributed by atoms with E-state index in [0.29, 0.717) is 35.7 Å². The Hall–Kier alpha value is -3.35. The Morgan fingerprint density at radius 3 is 2.31 bits per heavy atom. The maximum atomic E-state index is 12.3. The third-order valence-electron chi connectivity index (χ3n) is 4.60. The number of hydrogen-bond acceptors (Lipinski definition) is 6. The number of rotatable bonds is 9. The molecular weight excluding hydrogens is 374 g/mol. The molecule has 152 valence electrons. The molecule has 1 aliphatic rings. The van der Waals surface area contributed by atoms with E-state index >= 15 is 0 Å². The Bertz CT molecular complexity index is 888. The molecule has 0 aromatic heterocycles. The van der Waals surface area contributed by atoms with Crippen molar-refractivity contribution in [1.82, 2.24) is 4.90 Å². The molecule has 3 rings (SSSR count). The van der Waals surface area contributed by atoms with Gasteiger partial charge in [0.15, 0.2) is 11.5 Å². The summed E-state index contributed by atoms with van der Waals surface area (Å²) in [6.07, 6.45) is 0.661. The minimum Gasteiger partial charge on any atom is -0.493 e. The van der Waals surface area contributed by atoms with Gasteiger partial charge in [-0.05, 0) is 43.2 Å². The van der Waals surface area contributed by atoms with Crippen molar-refractivity contribution < 1.29 is 28.6 Å².